The van der Waals surface area contributed by atoms with Gasteiger partial charge in [0, 0.05) is 35.9 Å². The number of likely N-dealkylation sites (N-methyl/N-ethyl adjacent to an activating group) is 1. The molecule has 0 bridgehead atoms. The van der Waals surface area contributed by atoms with Crippen LogP contribution in [0.5, 0.6) is 0 Å². The average Bonchev–Trinajstić information content (AvgIpc) is 2.68. The number of benzene rings is 1. The third kappa shape index (κ3) is 3.44. The van der Waals surface area contributed by atoms with Gasteiger partial charge in [-0.2, -0.15) is 0 Å². The smallest absolute Gasteiger partial charge is 0.252 e. The van der Waals surface area contributed by atoms with Gasteiger partial charge in [0.15, 0.2) is 0 Å². The molecule has 0 aliphatic carbocycles. The second-order valence-corrected chi connectivity index (χ2v) is 6.88. The van der Waals surface area contributed by atoms with Gasteiger partial charge < -0.3 is 10.2 Å². The summed E-state index contributed by atoms with van der Waals surface area (Å²) in [6, 6.07) is 13.7. The van der Waals surface area contributed by atoms with Crippen LogP contribution in [0.25, 0.3) is 22.2 Å². The molecule has 0 unspecified atom stereocenters. The van der Waals surface area contributed by atoms with Crippen molar-refractivity contribution in [2.45, 2.75) is 18.9 Å². The molecule has 1 N–H and O–H groups in total. The van der Waals surface area contributed by atoms with Gasteiger partial charge in [-0.05, 0) is 50.7 Å². The summed E-state index contributed by atoms with van der Waals surface area (Å²) in [5.74, 6) is -0.0285. The number of hydrogen-bond acceptors (Lipinski definition) is 4. The van der Waals surface area contributed by atoms with Crippen molar-refractivity contribution in [2.24, 2.45) is 0 Å². The fraction of sp³-hybridized carbons (Fsp3) is 0.286. The molecule has 1 aromatic carbocycles. The largest absolute Gasteiger partial charge is 0.348 e. The first kappa shape index (κ1) is 16.7. The molecule has 0 spiro atoms. The van der Waals surface area contributed by atoms with E-state index >= 15 is 0 Å². The normalized spacial score (nSPS) is 18.0. The number of likely N-dealkylation sites (tertiary alicyclic amines) is 1. The minimum absolute atomic E-state index is 0.0285. The van der Waals surface area contributed by atoms with Crippen LogP contribution in [0.1, 0.15) is 23.2 Å². The van der Waals surface area contributed by atoms with Crippen LogP contribution in [-0.2, 0) is 0 Å². The molecule has 3 aromatic rings. The highest BCUT2D eigenvalue weighted by atomic mass is 16.1. The zero-order valence-electron chi connectivity index (χ0n) is 14.9. The number of carbonyl (C=O) groups excluding carboxylic acids is 1. The van der Waals surface area contributed by atoms with Gasteiger partial charge in [0.2, 0.25) is 0 Å². The summed E-state index contributed by atoms with van der Waals surface area (Å²) in [5.41, 5.74) is 3.25. The molecule has 132 valence electrons. The summed E-state index contributed by atoms with van der Waals surface area (Å²) in [5, 5.41) is 4.10. The zero-order chi connectivity index (χ0) is 17.9. The Bertz CT molecular complexity index is 926. The molecule has 1 aliphatic rings. The van der Waals surface area contributed by atoms with E-state index in [-0.39, 0.29) is 11.9 Å². The summed E-state index contributed by atoms with van der Waals surface area (Å²) >= 11 is 0. The molecule has 1 atom stereocenters. The number of aromatic nitrogens is 2. The van der Waals surface area contributed by atoms with Crippen molar-refractivity contribution in [3.05, 3.63) is 60.4 Å². The fourth-order valence-corrected chi connectivity index (χ4v) is 3.58. The number of amides is 1. The number of piperidine rings is 1. The molecular formula is C21H22N4O. The summed E-state index contributed by atoms with van der Waals surface area (Å²) in [6.07, 6.45) is 5.62. The third-order valence-electron chi connectivity index (χ3n) is 4.90. The Hall–Kier alpha value is -2.79. The van der Waals surface area contributed by atoms with E-state index in [2.05, 4.69) is 22.2 Å². The number of nitrogens with zero attached hydrogens (tertiary/aromatic N) is 3. The highest BCUT2D eigenvalue weighted by Crippen LogP contribution is 2.24. The van der Waals surface area contributed by atoms with Crippen LogP contribution in [-0.4, -0.2) is 47.0 Å². The first-order chi connectivity index (χ1) is 12.7. The van der Waals surface area contributed by atoms with Crippen molar-refractivity contribution in [3.8, 4) is 11.3 Å². The van der Waals surface area contributed by atoms with Crippen LogP contribution in [0.3, 0.4) is 0 Å². The van der Waals surface area contributed by atoms with Gasteiger partial charge in [0.05, 0.1) is 16.8 Å². The molecule has 3 heterocycles. The maximum Gasteiger partial charge on any atom is 0.252 e. The topological polar surface area (TPSA) is 58.1 Å². The second kappa shape index (κ2) is 7.22. The quantitative estimate of drug-likeness (QED) is 0.792. The van der Waals surface area contributed by atoms with E-state index in [9.17, 15) is 4.79 Å². The van der Waals surface area contributed by atoms with Gasteiger partial charge in [-0.25, -0.2) is 4.98 Å². The van der Waals surface area contributed by atoms with Crippen molar-refractivity contribution in [1.29, 1.82) is 0 Å². The number of rotatable bonds is 3. The van der Waals surface area contributed by atoms with Crippen molar-refractivity contribution >= 4 is 16.8 Å². The van der Waals surface area contributed by atoms with E-state index < -0.39 is 0 Å². The zero-order valence-corrected chi connectivity index (χ0v) is 14.9. The van der Waals surface area contributed by atoms with Crippen LogP contribution >= 0.6 is 0 Å². The minimum atomic E-state index is -0.0285. The SMILES string of the molecule is CN1CCC[C@H](NC(=O)c2cc(-c3ccncc3)nc3ccccc23)C1. The Morgan fingerprint density at radius 2 is 2.00 bits per heavy atom. The van der Waals surface area contributed by atoms with Gasteiger partial charge in [0.1, 0.15) is 0 Å². The summed E-state index contributed by atoms with van der Waals surface area (Å²) in [7, 11) is 2.10. The number of carbonyl (C=O) groups is 1. The number of para-hydroxylation sites is 1. The summed E-state index contributed by atoms with van der Waals surface area (Å²) in [6.45, 7) is 1.99. The molecule has 0 saturated carbocycles. The molecular weight excluding hydrogens is 324 g/mol. The lowest BCUT2D eigenvalue weighted by Gasteiger charge is -2.30. The van der Waals surface area contributed by atoms with Gasteiger partial charge >= 0.3 is 0 Å². The molecule has 0 radical (unpaired) electrons. The average molecular weight is 346 g/mol. The Labute approximate surface area is 153 Å². The molecule has 2 aromatic heterocycles. The van der Waals surface area contributed by atoms with Gasteiger partial charge in [-0.1, -0.05) is 18.2 Å². The number of fused-ring (bicyclic) bond motifs is 1. The van der Waals surface area contributed by atoms with Crippen LogP contribution in [0.15, 0.2) is 54.9 Å². The van der Waals surface area contributed by atoms with Crippen molar-refractivity contribution in [2.75, 3.05) is 20.1 Å². The number of hydrogen-bond donors (Lipinski definition) is 1. The molecule has 1 amide bonds. The van der Waals surface area contributed by atoms with Gasteiger partial charge in [0.25, 0.3) is 5.91 Å². The minimum Gasteiger partial charge on any atom is -0.348 e. The Kier molecular flexibility index (Phi) is 4.63. The van der Waals surface area contributed by atoms with Crippen LogP contribution in [0, 0.1) is 0 Å². The van der Waals surface area contributed by atoms with E-state index in [4.69, 9.17) is 4.98 Å². The van der Waals surface area contributed by atoms with Crippen LogP contribution in [0.4, 0.5) is 0 Å². The number of pyridine rings is 2. The lowest BCUT2D eigenvalue weighted by atomic mass is 10.0. The first-order valence-electron chi connectivity index (χ1n) is 9.00. The van der Waals surface area contributed by atoms with Gasteiger partial charge in [-0.3, -0.25) is 9.78 Å². The van der Waals surface area contributed by atoms with Crippen molar-refractivity contribution in [3.63, 3.8) is 0 Å². The predicted molar refractivity (Wildman–Crippen MR) is 103 cm³/mol. The maximum atomic E-state index is 13.0. The third-order valence-corrected chi connectivity index (χ3v) is 4.90. The molecule has 5 heteroatoms. The van der Waals surface area contributed by atoms with Crippen LogP contribution < -0.4 is 5.32 Å². The molecule has 1 aliphatic heterocycles. The van der Waals surface area contributed by atoms with E-state index in [1.54, 1.807) is 12.4 Å². The van der Waals surface area contributed by atoms with Gasteiger partial charge in [-0.15, -0.1) is 0 Å². The second-order valence-electron chi connectivity index (χ2n) is 6.88. The highest BCUT2D eigenvalue weighted by Gasteiger charge is 2.21. The van der Waals surface area contributed by atoms with E-state index in [1.807, 2.05) is 42.5 Å². The summed E-state index contributed by atoms with van der Waals surface area (Å²) < 4.78 is 0. The lowest BCUT2D eigenvalue weighted by Crippen LogP contribution is -2.46. The Morgan fingerprint density at radius 1 is 1.19 bits per heavy atom. The molecule has 26 heavy (non-hydrogen) atoms. The molecule has 5 nitrogen and oxygen atoms in total. The van der Waals surface area contributed by atoms with Crippen molar-refractivity contribution < 1.29 is 4.79 Å². The van der Waals surface area contributed by atoms with E-state index in [0.717, 1.165) is 48.1 Å². The fourth-order valence-electron chi connectivity index (χ4n) is 3.58. The predicted octanol–water partition coefficient (Wildman–Crippen LogP) is 3.12. The summed E-state index contributed by atoms with van der Waals surface area (Å²) in [4.78, 5) is 24.1. The Morgan fingerprint density at radius 3 is 2.81 bits per heavy atom. The highest BCUT2D eigenvalue weighted by molar-refractivity contribution is 6.07. The standard InChI is InChI=1S/C21H22N4O/c1-25-12-4-5-16(14-25)23-21(26)18-13-20(15-8-10-22-11-9-15)24-19-7-3-2-6-17(18)19/h2-3,6-11,13,16H,4-5,12,14H2,1H3,(H,23,26)/t16-/m0/s1. The Balaban J connectivity index is 1.72. The molecule has 1 fully saturated rings. The first-order valence-corrected chi connectivity index (χ1v) is 9.00. The molecule has 4 rings (SSSR count). The van der Waals surface area contributed by atoms with Crippen LogP contribution in [0.2, 0.25) is 0 Å². The number of nitrogens with one attached hydrogen (secondary N) is 1. The molecule has 1 saturated heterocycles. The van der Waals surface area contributed by atoms with Crippen molar-refractivity contribution in [1.82, 2.24) is 20.2 Å². The van der Waals surface area contributed by atoms with E-state index in [1.165, 1.54) is 0 Å². The lowest BCUT2D eigenvalue weighted by molar-refractivity contribution is 0.0914. The maximum absolute atomic E-state index is 13.0. The van der Waals surface area contributed by atoms with E-state index in [0.29, 0.717) is 5.56 Å². The monoisotopic (exact) mass is 346 g/mol.